The highest BCUT2D eigenvalue weighted by Gasteiger charge is 2.17. The van der Waals surface area contributed by atoms with Gasteiger partial charge >= 0.3 is 0 Å². The van der Waals surface area contributed by atoms with Crippen LogP contribution in [0.1, 0.15) is 0 Å². The monoisotopic (exact) mass is 627 g/mol. The van der Waals surface area contributed by atoms with Gasteiger partial charge in [0, 0.05) is 36.6 Å². The molecule has 0 unspecified atom stereocenters. The number of para-hydroxylation sites is 1. The summed E-state index contributed by atoms with van der Waals surface area (Å²) in [4.78, 5) is 0. The number of aromatic nitrogens is 1. The number of nitrogens with zero attached hydrogens (tertiary/aromatic N) is 1. The molecular weight excluding hydrogens is 599 g/mol. The van der Waals surface area contributed by atoms with Gasteiger partial charge in [-0.1, -0.05) is 115 Å². The summed E-state index contributed by atoms with van der Waals surface area (Å²) in [5, 5.41) is 7.87. The summed E-state index contributed by atoms with van der Waals surface area (Å²) in [5.41, 5.74) is 10.9. The maximum absolute atomic E-state index is 2.43. The quantitative estimate of drug-likeness (QED) is 0.183. The molecule has 10 rings (SSSR count). The first kappa shape index (κ1) is 27.2. The highest BCUT2D eigenvalue weighted by atomic mass is 32.1. The molecule has 0 bridgehead atoms. The van der Waals surface area contributed by atoms with Crippen LogP contribution in [0, 0.1) is 0 Å². The fourth-order valence-electron chi connectivity index (χ4n) is 7.48. The highest BCUT2D eigenvalue weighted by Crippen LogP contribution is 2.42. The molecule has 2 aromatic heterocycles. The first-order valence-corrected chi connectivity index (χ1v) is 17.2. The minimum Gasteiger partial charge on any atom is -0.309 e. The molecule has 0 aliphatic carbocycles. The van der Waals surface area contributed by atoms with Gasteiger partial charge in [0.1, 0.15) is 0 Å². The maximum Gasteiger partial charge on any atom is 0.0547 e. The Labute approximate surface area is 282 Å². The van der Waals surface area contributed by atoms with E-state index in [9.17, 15) is 0 Å². The molecule has 0 fully saturated rings. The number of hydrogen-bond acceptors (Lipinski definition) is 1. The van der Waals surface area contributed by atoms with Gasteiger partial charge in [0.25, 0.3) is 0 Å². The Morgan fingerprint density at radius 2 is 0.917 bits per heavy atom. The molecule has 0 aliphatic heterocycles. The Kier molecular flexibility index (Phi) is 6.12. The molecule has 1 nitrogen and oxygen atoms in total. The zero-order valence-corrected chi connectivity index (χ0v) is 26.9. The fraction of sp³-hybridized carbons (Fsp3) is 0. The van der Waals surface area contributed by atoms with Gasteiger partial charge in [-0.3, -0.25) is 0 Å². The Morgan fingerprint density at radius 1 is 0.333 bits per heavy atom. The highest BCUT2D eigenvalue weighted by molar-refractivity contribution is 7.25. The molecule has 2 heterocycles. The van der Waals surface area contributed by atoms with Gasteiger partial charge in [0.05, 0.1) is 11.0 Å². The smallest absolute Gasteiger partial charge is 0.0547 e. The van der Waals surface area contributed by atoms with Crippen LogP contribution in [0.15, 0.2) is 176 Å². The van der Waals surface area contributed by atoms with E-state index < -0.39 is 0 Å². The van der Waals surface area contributed by atoms with Crippen molar-refractivity contribution in [3.8, 4) is 39.1 Å². The predicted molar refractivity (Wildman–Crippen MR) is 207 cm³/mol. The molecule has 0 saturated heterocycles. The van der Waals surface area contributed by atoms with Crippen LogP contribution in [-0.4, -0.2) is 4.57 Å². The number of benzene rings is 8. The maximum atomic E-state index is 2.43. The van der Waals surface area contributed by atoms with E-state index in [0.29, 0.717) is 0 Å². The molecular formula is C46H29NS. The molecule has 2 heteroatoms. The third-order valence-corrected chi connectivity index (χ3v) is 10.9. The summed E-state index contributed by atoms with van der Waals surface area (Å²) in [7, 11) is 0. The lowest BCUT2D eigenvalue weighted by atomic mass is 9.93. The van der Waals surface area contributed by atoms with E-state index in [1.54, 1.807) is 0 Å². The molecule has 0 saturated carbocycles. The summed E-state index contributed by atoms with van der Waals surface area (Å²) in [6.45, 7) is 0. The van der Waals surface area contributed by atoms with Crippen LogP contribution in [0.4, 0.5) is 0 Å². The van der Waals surface area contributed by atoms with E-state index in [1.165, 1.54) is 86.1 Å². The summed E-state index contributed by atoms with van der Waals surface area (Å²) < 4.78 is 5.11. The van der Waals surface area contributed by atoms with Crippen molar-refractivity contribution in [2.24, 2.45) is 0 Å². The lowest BCUT2D eigenvalue weighted by Gasteiger charge is -2.13. The third-order valence-electron chi connectivity index (χ3n) is 9.76. The summed E-state index contributed by atoms with van der Waals surface area (Å²) in [6.07, 6.45) is 0. The van der Waals surface area contributed by atoms with Crippen LogP contribution in [0.5, 0.6) is 0 Å². The van der Waals surface area contributed by atoms with Gasteiger partial charge in [-0.05, 0) is 105 Å². The molecule has 0 N–H and O–H groups in total. The Hall–Kier alpha value is -5.96. The topological polar surface area (TPSA) is 4.93 Å². The number of hydrogen-bond donors (Lipinski definition) is 0. The average molecular weight is 628 g/mol. The van der Waals surface area contributed by atoms with Crippen molar-refractivity contribution in [1.29, 1.82) is 0 Å². The van der Waals surface area contributed by atoms with Crippen molar-refractivity contribution in [3.05, 3.63) is 176 Å². The largest absolute Gasteiger partial charge is 0.309 e. The molecule has 0 radical (unpaired) electrons. The van der Waals surface area contributed by atoms with Crippen LogP contribution >= 0.6 is 11.3 Å². The van der Waals surface area contributed by atoms with Crippen molar-refractivity contribution in [2.75, 3.05) is 0 Å². The Bertz CT molecular complexity index is 2750. The van der Waals surface area contributed by atoms with Crippen LogP contribution in [0.2, 0.25) is 0 Å². The molecule has 0 amide bonds. The number of thiophene rings is 1. The lowest BCUT2D eigenvalue weighted by molar-refractivity contribution is 1.18. The first-order chi connectivity index (χ1) is 23.8. The molecule has 0 atom stereocenters. The second-order valence-corrected chi connectivity index (χ2v) is 13.6. The molecule has 0 spiro atoms. The molecule has 48 heavy (non-hydrogen) atoms. The zero-order chi connectivity index (χ0) is 31.6. The minimum absolute atomic E-state index is 1.16. The number of rotatable bonds is 4. The summed E-state index contributed by atoms with van der Waals surface area (Å²) in [5.74, 6) is 0. The zero-order valence-electron chi connectivity index (χ0n) is 26.1. The summed E-state index contributed by atoms with van der Waals surface area (Å²) in [6, 6.07) is 64.4. The predicted octanol–water partition coefficient (Wildman–Crippen LogP) is 13.3. The van der Waals surface area contributed by atoms with Crippen molar-refractivity contribution in [3.63, 3.8) is 0 Å². The minimum atomic E-state index is 1.16. The van der Waals surface area contributed by atoms with Gasteiger partial charge in [-0.2, -0.15) is 0 Å². The SMILES string of the molecule is c1ccc(-c2cc(-c3ccccc3)cc(-c3ccc(-n4c5ccccc5c5c6cc7sc8ccccc8c7cc6ccc54)cc3)c2)cc1. The van der Waals surface area contributed by atoms with E-state index in [2.05, 4.69) is 180 Å². The van der Waals surface area contributed by atoms with Crippen molar-refractivity contribution < 1.29 is 0 Å². The molecule has 10 aromatic rings. The second-order valence-electron chi connectivity index (χ2n) is 12.6. The van der Waals surface area contributed by atoms with Gasteiger partial charge < -0.3 is 4.57 Å². The lowest BCUT2D eigenvalue weighted by Crippen LogP contribution is -1.94. The molecule has 8 aromatic carbocycles. The van der Waals surface area contributed by atoms with Crippen molar-refractivity contribution >= 4 is 64.1 Å². The first-order valence-electron chi connectivity index (χ1n) is 16.4. The average Bonchev–Trinajstić information content (AvgIpc) is 3.70. The number of fused-ring (bicyclic) bond motifs is 8. The van der Waals surface area contributed by atoms with Crippen LogP contribution in [-0.2, 0) is 0 Å². The summed E-state index contributed by atoms with van der Waals surface area (Å²) >= 11 is 1.89. The van der Waals surface area contributed by atoms with Gasteiger partial charge in [0.15, 0.2) is 0 Å². The van der Waals surface area contributed by atoms with Crippen LogP contribution < -0.4 is 0 Å². The third kappa shape index (κ3) is 4.31. The molecule has 224 valence electrons. The van der Waals surface area contributed by atoms with E-state index in [0.717, 1.165) is 5.69 Å². The second kappa shape index (κ2) is 10.8. The van der Waals surface area contributed by atoms with E-state index in [-0.39, 0.29) is 0 Å². The van der Waals surface area contributed by atoms with Crippen LogP contribution in [0.3, 0.4) is 0 Å². The van der Waals surface area contributed by atoms with Gasteiger partial charge in [-0.15, -0.1) is 11.3 Å². The van der Waals surface area contributed by atoms with E-state index >= 15 is 0 Å². The fourth-order valence-corrected chi connectivity index (χ4v) is 8.61. The van der Waals surface area contributed by atoms with Crippen molar-refractivity contribution in [2.45, 2.75) is 0 Å². The van der Waals surface area contributed by atoms with Gasteiger partial charge in [0.2, 0.25) is 0 Å². The normalized spacial score (nSPS) is 11.8. The standard InChI is InChI=1S/C46H29NS/c1-3-11-30(12-4-1)34-25-35(31-13-5-2-6-14-31)27-36(26-34)32-19-22-37(23-20-32)47-42-17-9-7-16-39(42)46-40-29-45-41(28-33(40)21-24-43(46)47)38-15-8-10-18-44(38)48-45/h1-29H. The van der Waals surface area contributed by atoms with Crippen LogP contribution in [0.25, 0.3) is 91.8 Å². The molecule has 0 aliphatic rings. The van der Waals surface area contributed by atoms with E-state index in [4.69, 9.17) is 0 Å². The van der Waals surface area contributed by atoms with Gasteiger partial charge in [-0.25, -0.2) is 0 Å². The van der Waals surface area contributed by atoms with E-state index in [1.807, 2.05) is 11.3 Å². The Balaban J connectivity index is 1.14. The Morgan fingerprint density at radius 3 is 1.60 bits per heavy atom. The van der Waals surface area contributed by atoms with Crippen molar-refractivity contribution in [1.82, 2.24) is 4.57 Å².